The highest BCUT2D eigenvalue weighted by atomic mass is 15.2. The summed E-state index contributed by atoms with van der Waals surface area (Å²) in [5, 5.41) is 5.03. The second kappa shape index (κ2) is 7.46. The van der Waals surface area contributed by atoms with Gasteiger partial charge in [-0.05, 0) is 49.4 Å². The Bertz CT molecular complexity index is 860. The molecule has 0 spiro atoms. The summed E-state index contributed by atoms with van der Waals surface area (Å²) in [5.74, 6) is 1.60. The van der Waals surface area contributed by atoms with Gasteiger partial charge >= 0.3 is 0 Å². The zero-order valence-corrected chi connectivity index (χ0v) is 15.7. The first kappa shape index (κ1) is 17.0. The van der Waals surface area contributed by atoms with Crippen LogP contribution < -0.4 is 10.2 Å². The molecule has 0 amide bonds. The summed E-state index contributed by atoms with van der Waals surface area (Å²) in [7, 11) is 2.12. The van der Waals surface area contributed by atoms with Crippen molar-refractivity contribution in [2.24, 2.45) is 13.0 Å². The van der Waals surface area contributed by atoms with Crippen LogP contribution in [0.3, 0.4) is 0 Å². The van der Waals surface area contributed by atoms with Crippen molar-refractivity contribution in [1.82, 2.24) is 19.9 Å². The average Bonchev–Trinajstić information content (AvgIpc) is 2.99. The molecule has 0 bridgehead atoms. The molecule has 26 heavy (non-hydrogen) atoms. The predicted molar refractivity (Wildman–Crippen MR) is 106 cm³/mol. The lowest BCUT2D eigenvalue weighted by Gasteiger charge is -2.32. The number of rotatable bonds is 5. The van der Waals surface area contributed by atoms with Crippen LogP contribution in [0, 0.1) is 12.8 Å². The Hall–Kier alpha value is -2.40. The van der Waals surface area contributed by atoms with Crippen LogP contribution in [0.15, 0.2) is 42.9 Å². The summed E-state index contributed by atoms with van der Waals surface area (Å²) in [6.45, 7) is 6.12. The van der Waals surface area contributed by atoms with Crippen molar-refractivity contribution in [3.63, 3.8) is 0 Å². The smallest absolute Gasteiger partial charge is 0.225 e. The molecular formula is C21H27N5. The minimum atomic E-state index is 0.728. The zero-order valence-electron chi connectivity index (χ0n) is 15.7. The summed E-state index contributed by atoms with van der Waals surface area (Å²) in [4.78, 5) is 11.2. The fraction of sp³-hybridized carbons (Fsp3) is 0.429. The number of anilines is 1. The van der Waals surface area contributed by atoms with Gasteiger partial charge in [0, 0.05) is 56.2 Å². The Balaban J connectivity index is 1.28. The van der Waals surface area contributed by atoms with Gasteiger partial charge in [-0.3, -0.25) is 0 Å². The number of para-hydroxylation sites is 1. The summed E-state index contributed by atoms with van der Waals surface area (Å²) < 4.78 is 2.21. The largest absolute Gasteiger partial charge is 0.350 e. The standard InChI is InChI=1S/C21H27N5/c1-16-11-23-21(24-12-16)26-9-7-17(8-10-26)13-22-14-18-15-25(2)20-6-4-3-5-19(18)20/h3-6,11-12,15,17,22H,7-10,13-14H2,1-2H3. The van der Waals surface area contributed by atoms with Gasteiger partial charge in [0.15, 0.2) is 0 Å². The van der Waals surface area contributed by atoms with Crippen molar-refractivity contribution in [3.8, 4) is 0 Å². The SMILES string of the molecule is Cc1cnc(N2CCC(CNCc3cn(C)c4ccccc34)CC2)nc1. The lowest BCUT2D eigenvalue weighted by Crippen LogP contribution is -2.38. The highest BCUT2D eigenvalue weighted by Gasteiger charge is 2.20. The maximum atomic E-state index is 4.46. The van der Waals surface area contributed by atoms with Gasteiger partial charge in [0.25, 0.3) is 0 Å². The molecule has 0 unspecified atom stereocenters. The van der Waals surface area contributed by atoms with Gasteiger partial charge in [-0.2, -0.15) is 0 Å². The molecule has 3 aromatic rings. The van der Waals surface area contributed by atoms with Crippen LogP contribution in [0.4, 0.5) is 5.95 Å². The molecule has 1 saturated heterocycles. The van der Waals surface area contributed by atoms with E-state index in [0.717, 1.165) is 43.6 Å². The molecule has 1 fully saturated rings. The second-order valence-corrected chi connectivity index (χ2v) is 7.40. The number of fused-ring (bicyclic) bond motifs is 1. The van der Waals surface area contributed by atoms with Crippen molar-refractivity contribution < 1.29 is 0 Å². The maximum absolute atomic E-state index is 4.46. The van der Waals surface area contributed by atoms with E-state index in [2.05, 4.69) is 62.3 Å². The van der Waals surface area contributed by atoms with E-state index in [9.17, 15) is 0 Å². The molecule has 1 N–H and O–H groups in total. The van der Waals surface area contributed by atoms with Crippen LogP contribution in [-0.2, 0) is 13.6 Å². The van der Waals surface area contributed by atoms with Gasteiger partial charge in [-0.15, -0.1) is 0 Å². The van der Waals surface area contributed by atoms with Crippen LogP contribution in [0.1, 0.15) is 24.0 Å². The molecule has 1 aromatic carbocycles. The van der Waals surface area contributed by atoms with Crippen LogP contribution in [0.2, 0.25) is 0 Å². The molecule has 3 heterocycles. The molecule has 2 aromatic heterocycles. The van der Waals surface area contributed by atoms with Crippen LogP contribution in [-0.4, -0.2) is 34.2 Å². The first-order chi connectivity index (χ1) is 12.7. The Morgan fingerprint density at radius 1 is 1.12 bits per heavy atom. The third kappa shape index (κ3) is 3.58. The fourth-order valence-electron chi connectivity index (χ4n) is 3.86. The van der Waals surface area contributed by atoms with E-state index in [1.807, 2.05) is 19.3 Å². The fourth-order valence-corrected chi connectivity index (χ4v) is 3.86. The van der Waals surface area contributed by atoms with Gasteiger partial charge in [0.2, 0.25) is 5.95 Å². The van der Waals surface area contributed by atoms with Crippen LogP contribution in [0.5, 0.6) is 0 Å². The number of hydrogen-bond acceptors (Lipinski definition) is 4. The van der Waals surface area contributed by atoms with Crippen molar-refractivity contribution in [1.29, 1.82) is 0 Å². The van der Waals surface area contributed by atoms with Crippen LogP contribution >= 0.6 is 0 Å². The molecule has 5 nitrogen and oxygen atoms in total. The van der Waals surface area contributed by atoms with E-state index in [-0.39, 0.29) is 0 Å². The summed E-state index contributed by atoms with van der Waals surface area (Å²) in [6.07, 6.45) is 8.44. The number of piperidine rings is 1. The number of benzene rings is 1. The molecule has 0 atom stereocenters. The second-order valence-electron chi connectivity index (χ2n) is 7.40. The predicted octanol–water partition coefficient (Wildman–Crippen LogP) is 3.28. The number of nitrogens with zero attached hydrogens (tertiary/aromatic N) is 4. The third-order valence-corrected chi connectivity index (χ3v) is 5.39. The monoisotopic (exact) mass is 349 g/mol. The van der Waals surface area contributed by atoms with E-state index in [1.165, 1.54) is 29.3 Å². The van der Waals surface area contributed by atoms with Gasteiger partial charge in [0.05, 0.1) is 0 Å². The van der Waals surface area contributed by atoms with Gasteiger partial charge in [-0.1, -0.05) is 18.2 Å². The first-order valence-corrected chi connectivity index (χ1v) is 9.48. The van der Waals surface area contributed by atoms with Crippen molar-refractivity contribution in [2.75, 3.05) is 24.5 Å². The van der Waals surface area contributed by atoms with Crippen molar-refractivity contribution in [3.05, 3.63) is 54.0 Å². The molecule has 0 saturated carbocycles. The molecule has 1 aliphatic heterocycles. The van der Waals surface area contributed by atoms with E-state index in [0.29, 0.717) is 0 Å². The Kier molecular flexibility index (Phi) is 4.89. The van der Waals surface area contributed by atoms with Gasteiger partial charge in [0.1, 0.15) is 0 Å². The molecule has 5 heteroatoms. The number of aromatic nitrogens is 3. The highest BCUT2D eigenvalue weighted by molar-refractivity contribution is 5.83. The number of aryl methyl sites for hydroxylation is 2. The minimum Gasteiger partial charge on any atom is -0.350 e. The maximum Gasteiger partial charge on any atom is 0.225 e. The van der Waals surface area contributed by atoms with Gasteiger partial charge in [-0.25, -0.2) is 9.97 Å². The highest BCUT2D eigenvalue weighted by Crippen LogP contribution is 2.22. The van der Waals surface area contributed by atoms with E-state index in [4.69, 9.17) is 0 Å². The first-order valence-electron chi connectivity index (χ1n) is 9.48. The van der Waals surface area contributed by atoms with Crippen molar-refractivity contribution in [2.45, 2.75) is 26.3 Å². The molecular weight excluding hydrogens is 322 g/mol. The minimum absolute atomic E-state index is 0.728. The number of hydrogen-bond donors (Lipinski definition) is 1. The Morgan fingerprint density at radius 3 is 2.62 bits per heavy atom. The lowest BCUT2D eigenvalue weighted by molar-refractivity contribution is 0.380. The molecule has 136 valence electrons. The quantitative estimate of drug-likeness (QED) is 0.768. The van der Waals surface area contributed by atoms with E-state index < -0.39 is 0 Å². The van der Waals surface area contributed by atoms with Crippen molar-refractivity contribution >= 4 is 16.9 Å². The molecule has 1 aliphatic rings. The number of nitrogens with one attached hydrogen (secondary N) is 1. The van der Waals surface area contributed by atoms with Crippen LogP contribution in [0.25, 0.3) is 10.9 Å². The summed E-state index contributed by atoms with van der Waals surface area (Å²) in [6, 6.07) is 8.62. The average molecular weight is 349 g/mol. The molecule has 0 radical (unpaired) electrons. The Morgan fingerprint density at radius 2 is 1.85 bits per heavy atom. The van der Waals surface area contributed by atoms with E-state index >= 15 is 0 Å². The molecule has 4 rings (SSSR count). The third-order valence-electron chi connectivity index (χ3n) is 5.39. The summed E-state index contributed by atoms with van der Waals surface area (Å²) >= 11 is 0. The lowest BCUT2D eigenvalue weighted by atomic mass is 9.97. The summed E-state index contributed by atoms with van der Waals surface area (Å²) in [5.41, 5.74) is 3.80. The normalized spacial score (nSPS) is 15.7. The zero-order chi connectivity index (χ0) is 17.9. The Labute approximate surface area is 155 Å². The molecule has 0 aliphatic carbocycles. The van der Waals surface area contributed by atoms with E-state index in [1.54, 1.807) is 0 Å². The van der Waals surface area contributed by atoms with Gasteiger partial charge < -0.3 is 14.8 Å². The topological polar surface area (TPSA) is 46.0 Å².